The number of nitrogens with one attached hydrogen (secondary N) is 1. The first-order valence-corrected chi connectivity index (χ1v) is 10.5. The first kappa shape index (κ1) is 20.5. The molecule has 1 aliphatic rings. The fourth-order valence-corrected chi connectivity index (χ4v) is 3.70. The summed E-state index contributed by atoms with van der Waals surface area (Å²) in [7, 11) is 0. The maximum absolute atomic E-state index is 13.1. The summed E-state index contributed by atoms with van der Waals surface area (Å²) in [5.41, 5.74) is 2.84. The van der Waals surface area contributed by atoms with Crippen molar-refractivity contribution in [3.8, 4) is 17.2 Å². The second kappa shape index (κ2) is 8.96. The molecule has 162 valence electrons. The highest BCUT2D eigenvalue weighted by atomic mass is 16.5. The highest BCUT2D eigenvalue weighted by molar-refractivity contribution is 6.09. The van der Waals surface area contributed by atoms with Gasteiger partial charge in [0.15, 0.2) is 12.4 Å². The van der Waals surface area contributed by atoms with Crippen LogP contribution < -0.4 is 14.8 Å². The quantitative estimate of drug-likeness (QED) is 0.414. The summed E-state index contributed by atoms with van der Waals surface area (Å²) in [6, 6.07) is 25.1. The van der Waals surface area contributed by atoms with E-state index in [1.807, 2.05) is 36.4 Å². The van der Waals surface area contributed by atoms with Gasteiger partial charge >= 0.3 is 0 Å². The van der Waals surface area contributed by atoms with Crippen LogP contribution in [0.1, 0.15) is 32.0 Å². The highest BCUT2D eigenvalue weighted by Gasteiger charge is 2.22. The second-order valence-corrected chi connectivity index (χ2v) is 7.50. The molecule has 0 atom stereocenters. The minimum Gasteiger partial charge on any atom is -0.485 e. The minimum atomic E-state index is -0.266. The van der Waals surface area contributed by atoms with Crippen molar-refractivity contribution in [3.05, 3.63) is 114 Å². The van der Waals surface area contributed by atoms with Crippen molar-refractivity contribution in [2.24, 2.45) is 0 Å². The lowest BCUT2D eigenvalue weighted by atomic mass is 10.0. The van der Waals surface area contributed by atoms with Gasteiger partial charge in [-0.15, -0.1) is 0 Å². The Morgan fingerprint density at radius 1 is 0.879 bits per heavy atom. The zero-order chi connectivity index (χ0) is 22.6. The molecule has 0 saturated carbocycles. The Bertz CT molecular complexity index is 1340. The molecule has 0 amide bonds. The fraction of sp³-hybridized carbons (Fsp3) is 0.0741. The van der Waals surface area contributed by atoms with Crippen LogP contribution in [0.25, 0.3) is 0 Å². The summed E-state index contributed by atoms with van der Waals surface area (Å²) in [6.07, 6.45) is 1.56. The zero-order valence-electron chi connectivity index (χ0n) is 17.7. The van der Waals surface area contributed by atoms with Crippen LogP contribution >= 0.6 is 0 Å². The molecular formula is C27H20N2O4. The van der Waals surface area contributed by atoms with Gasteiger partial charge in [0.05, 0.1) is 16.8 Å². The summed E-state index contributed by atoms with van der Waals surface area (Å²) in [5.74, 6) is 0.992. The van der Waals surface area contributed by atoms with Crippen molar-refractivity contribution in [1.82, 2.24) is 4.98 Å². The molecule has 0 fully saturated rings. The maximum atomic E-state index is 13.1. The summed E-state index contributed by atoms with van der Waals surface area (Å²) in [4.78, 5) is 30.1. The van der Waals surface area contributed by atoms with Crippen LogP contribution in [0.5, 0.6) is 17.2 Å². The summed E-state index contributed by atoms with van der Waals surface area (Å²) in [5, 5.41) is 3.33. The predicted molar refractivity (Wildman–Crippen MR) is 124 cm³/mol. The van der Waals surface area contributed by atoms with E-state index < -0.39 is 0 Å². The SMILES string of the molecule is O=C(c1ccccn1)c1ccccc1OCC(=O)c1cccc2c1Oc1ccccc1NC2. The number of fused-ring (bicyclic) bond motifs is 2. The largest absolute Gasteiger partial charge is 0.485 e. The number of pyridine rings is 1. The number of ether oxygens (including phenoxy) is 2. The molecule has 0 spiro atoms. The summed E-state index contributed by atoms with van der Waals surface area (Å²) < 4.78 is 11.9. The van der Waals surface area contributed by atoms with Crippen LogP contribution in [-0.2, 0) is 6.54 Å². The van der Waals surface area contributed by atoms with Gasteiger partial charge in [0.1, 0.15) is 17.2 Å². The van der Waals surface area contributed by atoms with Crippen molar-refractivity contribution in [3.63, 3.8) is 0 Å². The van der Waals surface area contributed by atoms with Gasteiger partial charge < -0.3 is 14.8 Å². The van der Waals surface area contributed by atoms with E-state index in [1.165, 1.54) is 0 Å². The lowest BCUT2D eigenvalue weighted by Crippen LogP contribution is -2.15. The smallest absolute Gasteiger partial charge is 0.215 e. The van der Waals surface area contributed by atoms with E-state index in [9.17, 15) is 9.59 Å². The van der Waals surface area contributed by atoms with Gasteiger partial charge in [0, 0.05) is 18.3 Å². The number of Topliss-reactive ketones (excluding diaryl/α,β-unsaturated/α-hetero) is 1. The molecule has 3 aromatic carbocycles. The average molecular weight is 436 g/mol. The molecule has 6 nitrogen and oxygen atoms in total. The van der Waals surface area contributed by atoms with E-state index >= 15 is 0 Å². The minimum absolute atomic E-state index is 0.235. The number of carbonyl (C=O) groups is 2. The van der Waals surface area contributed by atoms with Gasteiger partial charge in [-0.2, -0.15) is 0 Å². The molecule has 6 heteroatoms. The highest BCUT2D eigenvalue weighted by Crippen LogP contribution is 2.37. The molecule has 33 heavy (non-hydrogen) atoms. The topological polar surface area (TPSA) is 77.5 Å². The van der Waals surface area contributed by atoms with Crippen molar-refractivity contribution < 1.29 is 19.1 Å². The molecule has 2 heterocycles. The number of aromatic nitrogens is 1. The molecule has 1 N–H and O–H groups in total. The molecule has 5 rings (SSSR count). The maximum Gasteiger partial charge on any atom is 0.215 e. The van der Waals surface area contributed by atoms with Crippen molar-refractivity contribution in [1.29, 1.82) is 0 Å². The lowest BCUT2D eigenvalue weighted by molar-refractivity contribution is 0.0912. The third kappa shape index (κ3) is 4.19. The molecule has 0 bridgehead atoms. The Hall–Kier alpha value is -4.45. The van der Waals surface area contributed by atoms with Crippen LogP contribution in [0.3, 0.4) is 0 Å². The Morgan fingerprint density at radius 3 is 2.55 bits per heavy atom. The number of rotatable bonds is 6. The van der Waals surface area contributed by atoms with Crippen LogP contribution in [-0.4, -0.2) is 23.2 Å². The number of anilines is 1. The van der Waals surface area contributed by atoms with Gasteiger partial charge in [-0.25, -0.2) is 0 Å². The Labute approximate surface area is 190 Å². The Kier molecular flexibility index (Phi) is 5.55. The van der Waals surface area contributed by atoms with E-state index in [4.69, 9.17) is 9.47 Å². The lowest BCUT2D eigenvalue weighted by Gasteiger charge is -2.14. The second-order valence-electron chi connectivity index (χ2n) is 7.50. The van der Waals surface area contributed by atoms with Crippen LogP contribution in [0.4, 0.5) is 5.69 Å². The van der Waals surface area contributed by atoms with Crippen molar-refractivity contribution in [2.45, 2.75) is 6.54 Å². The molecule has 1 aliphatic heterocycles. The molecular weight excluding hydrogens is 416 g/mol. The number of nitrogens with zero attached hydrogens (tertiary/aromatic N) is 1. The standard InChI is InChI=1S/C27H20N2O4/c30-23(17-32-24-13-3-1-9-20(24)26(31)22-12-5-6-15-28-22)19-10-7-8-18-16-29-21-11-2-4-14-25(21)33-27(18)19/h1-15,29H,16-17H2. The monoisotopic (exact) mass is 436 g/mol. The zero-order valence-corrected chi connectivity index (χ0v) is 17.7. The van der Waals surface area contributed by atoms with Gasteiger partial charge in [-0.05, 0) is 42.5 Å². The average Bonchev–Trinajstić information content (AvgIpc) is 3.07. The first-order chi connectivity index (χ1) is 16.2. The fourth-order valence-electron chi connectivity index (χ4n) is 3.70. The van der Waals surface area contributed by atoms with E-state index in [-0.39, 0.29) is 18.2 Å². The van der Waals surface area contributed by atoms with Crippen LogP contribution in [0.2, 0.25) is 0 Å². The number of ketones is 2. The van der Waals surface area contributed by atoms with Crippen LogP contribution in [0, 0.1) is 0 Å². The van der Waals surface area contributed by atoms with Gasteiger partial charge in [0.25, 0.3) is 0 Å². The number of hydrogen-bond acceptors (Lipinski definition) is 6. The molecule has 0 radical (unpaired) electrons. The van der Waals surface area contributed by atoms with Gasteiger partial charge in [-0.3, -0.25) is 14.6 Å². The van der Waals surface area contributed by atoms with Gasteiger partial charge in [-0.1, -0.05) is 42.5 Å². The molecule has 0 unspecified atom stereocenters. The van der Waals surface area contributed by atoms with E-state index in [1.54, 1.807) is 54.7 Å². The first-order valence-electron chi connectivity index (χ1n) is 10.5. The number of para-hydroxylation sites is 4. The van der Waals surface area contributed by atoms with Crippen molar-refractivity contribution in [2.75, 3.05) is 11.9 Å². The van der Waals surface area contributed by atoms with Gasteiger partial charge in [0.2, 0.25) is 11.6 Å². The normalized spacial score (nSPS) is 11.8. The number of benzene rings is 3. The third-order valence-corrected chi connectivity index (χ3v) is 5.35. The van der Waals surface area contributed by atoms with Crippen LogP contribution in [0.15, 0.2) is 91.1 Å². The summed E-state index contributed by atoms with van der Waals surface area (Å²) >= 11 is 0. The van der Waals surface area contributed by atoms with E-state index in [2.05, 4.69) is 10.3 Å². The van der Waals surface area contributed by atoms with E-state index in [0.717, 1.165) is 11.3 Å². The molecule has 1 aromatic heterocycles. The molecule has 4 aromatic rings. The predicted octanol–water partition coefficient (Wildman–Crippen LogP) is 5.29. The number of hydrogen-bond donors (Lipinski definition) is 1. The summed E-state index contributed by atoms with van der Waals surface area (Å²) in [6.45, 7) is 0.303. The Balaban J connectivity index is 1.38. The van der Waals surface area contributed by atoms with E-state index in [0.29, 0.717) is 40.6 Å². The number of carbonyl (C=O) groups excluding carboxylic acids is 2. The molecule has 0 aliphatic carbocycles. The van der Waals surface area contributed by atoms with Crippen molar-refractivity contribution >= 4 is 17.3 Å². The third-order valence-electron chi connectivity index (χ3n) is 5.35. The Morgan fingerprint density at radius 2 is 1.67 bits per heavy atom. The molecule has 0 saturated heterocycles.